The summed E-state index contributed by atoms with van der Waals surface area (Å²) in [6.45, 7) is 13.7. The molecular weight excluding hydrogens is 321 g/mol. The molecule has 0 bridgehead atoms. The summed E-state index contributed by atoms with van der Waals surface area (Å²) in [4.78, 5) is 12.0. The Bertz CT molecular complexity index is 727. The third-order valence-electron chi connectivity index (χ3n) is 5.40. The lowest BCUT2D eigenvalue weighted by molar-refractivity contribution is 0.0598. The predicted molar refractivity (Wildman–Crippen MR) is 99.7 cm³/mol. The molecule has 0 aliphatic carbocycles. The first-order valence-electron chi connectivity index (χ1n) is 8.57. The van der Waals surface area contributed by atoms with Crippen LogP contribution in [0.1, 0.15) is 51.9 Å². The van der Waals surface area contributed by atoms with Gasteiger partial charge in [-0.3, -0.25) is 0 Å². The highest BCUT2D eigenvalue weighted by molar-refractivity contribution is 6.82. The second kappa shape index (κ2) is 6.71. The number of fused-ring (bicyclic) bond motifs is 1. The number of hydrogen-bond acceptors (Lipinski definition) is 2. The summed E-state index contributed by atoms with van der Waals surface area (Å²) in [5.41, 5.74) is 2.51. The Kier molecular flexibility index (Phi) is 5.23. The molecule has 0 unspecified atom stereocenters. The fourth-order valence-corrected chi connectivity index (χ4v) is 11.3. The molecule has 5 heteroatoms. The fraction of sp³-hybridized carbons (Fsp3) is 0.526. The minimum absolute atomic E-state index is 0.0351. The number of esters is 1. The van der Waals surface area contributed by atoms with Crippen molar-refractivity contribution < 1.29 is 13.9 Å². The van der Waals surface area contributed by atoms with Crippen LogP contribution < -0.4 is 0 Å². The zero-order valence-corrected chi connectivity index (χ0v) is 16.7. The molecule has 0 amide bonds. The molecule has 0 N–H and O–H groups in total. The summed E-state index contributed by atoms with van der Waals surface area (Å²) in [6.07, 6.45) is 2.04. The predicted octanol–water partition coefficient (Wildman–Crippen LogP) is 5.59. The van der Waals surface area contributed by atoms with Gasteiger partial charge in [0.25, 0.3) is 0 Å². The van der Waals surface area contributed by atoms with Crippen LogP contribution in [0.25, 0.3) is 10.9 Å². The van der Waals surface area contributed by atoms with E-state index in [0.29, 0.717) is 22.0 Å². The first-order valence-corrected chi connectivity index (χ1v) is 10.8. The Hall–Kier alpha value is -1.62. The zero-order valence-electron chi connectivity index (χ0n) is 15.7. The van der Waals surface area contributed by atoms with Gasteiger partial charge in [-0.05, 0) is 41.0 Å². The molecule has 1 aromatic carbocycles. The second-order valence-electron chi connectivity index (χ2n) is 7.38. The number of benzene rings is 1. The number of rotatable bonds is 5. The van der Waals surface area contributed by atoms with Crippen LogP contribution in [0.4, 0.5) is 4.39 Å². The number of carbonyl (C=O) groups is 1. The molecule has 0 aliphatic heterocycles. The van der Waals surface area contributed by atoms with Gasteiger partial charge < -0.3 is 8.97 Å². The maximum absolute atomic E-state index is 14.2. The van der Waals surface area contributed by atoms with Crippen LogP contribution in [0.15, 0.2) is 24.4 Å². The lowest BCUT2D eigenvalue weighted by Crippen LogP contribution is -2.51. The minimum atomic E-state index is -1.96. The fourth-order valence-electron chi connectivity index (χ4n) is 4.67. The molecule has 0 saturated carbocycles. The lowest BCUT2D eigenvalue weighted by Gasteiger charge is -2.44. The molecule has 3 nitrogen and oxygen atoms in total. The summed E-state index contributed by atoms with van der Waals surface area (Å²) < 4.78 is 21.4. The van der Waals surface area contributed by atoms with E-state index in [-0.39, 0.29) is 5.56 Å². The van der Waals surface area contributed by atoms with Crippen molar-refractivity contribution in [2.75, 3.05) is 7.11 Å². The van der Waals surface area contributed by atoms with E-state index in [1.807, 2.05) is 12.3 Å². The van der Waals surface area contributed by atoms with Gasteiger partial charge in [0.15, 0.2) is 8.24 Å². The van der Waals surface area contributed by atoms with Crippen molar-refractivity contribution in [2.24, 2.45) is 0 Å². The van der Waals surface area contributed by atoms with Gasteiger partial charge in [0.1, 0.15) is 11.4 Å². The zero-order chi connectivity index (χ0) is 18.2. The van der Waals surface area contributed by atoms with E-state index in [1.54, 1.807) is 6.07 Å². The van der Waals surface area contributed by atoms with Gasteiger partial charge in [-0.15, -0.1) is 0 Å². The standard InChI is InChI=1S/C19H28FNO2Si/c1-12(2)24(13(3)4,14(5)6)21-11-10-15-17(21)9-8-16(20)18(15)19(22)23-7/h8-14H,1-7H3. The Labute approximate surface area is 144 Å². The highest BCUT2D eigenvalue weighted by Crippen LogP contribution is 2.44. The van der Waals surface area contributed by atoms with E-state index in [2.05, 4.69) is 45.8 Å². The monoisotopic (exact) mass is 349 g/mol. The van der Waals surface area contributed by atoms with E-state index < -0.39 is 20.0 Å². The van der Waals surface area contributed by atoms with Crippen molar-refractivity contribution in [3.05, 3.63) is 35.8 Å². The number of ether oxygens (including phenoxy) is 1. The third kappa shape index (κ3) is 2.59. The van der Waals surface area contributed by atoms with Crippen LogP contribution in [-0.4, -0.2) is 25.5 Å². The molecular formula is C19H28FNO2Si. The van der Waals surface area contributed by atoms with E-state index >= 15 is 0 Å². The summed E-state index contributed by atoms with van der Waals surface area (Å²) >= 11 is 0. The highest BCUT2D eigenvalue weighted by atomic mass is 28.3. The number of aromatic nitrogens is 1. The number of hydrogen-bond donors (Lipinski definition) is 0. The quantitative estimate of drug-likeness (QED) is 0.520. The average Bonchev–Trinajstić information content (AvgIpc) is 2.90. The van der Waals surface area contributed by atoms with Crippen LogP contribution >= 0.6 is 0 Å². The topological polar surface area (TPSA) is 31.2 Å². The van der Waals surface area contributed by atoms with Crippen molar-refractivity contribution in [2.45, 2.75) is 58.2 Å². The van der Waals surface area contributed by atoms with Crippen LogP contribution in [0.2, 0.25) is 16.6 Å². The first-order chi connectivity index (χ1) is 11.2. The molecule has 0 saturated heterocycles. The van der Waals surface area contributed by atoms with Gasteiger partial charge in [-0.1, -0.05) is 41.5 Å². The Morgan fingerprint density at radius 1 is 1.04 bits per heavy atom. The third-order valence-corrected chi connectivity index (χ3v) is 12.2. The van der Waals surface area contributed by atoms with Crippen molar-refractivity contribution in [3.8, 4) is 0 Å². The van der Waals surface area contributed by atoms with E-state index in [1.165, 1.54) is 13.2 Å². The van der Waals surface area contributed by atoms with Gasteiger partial charge in [0.2, 0.25) is 0 Å². The molecule has 24 heavy (non-hydrogen) atoms. The Balaban J connectivity index is 2.85. The van der Waals surface area contributed by atoms with Crippen molar-refractivity contribution in [1.82, 2.24) is 4.23 Å². The number of carbonyl (C=O) groups excluding carboxylic acids is 1. The van der Waals surface area contributed by atoms with E-state index in [9.17, 15) is 9.18 Å². The maximum atomic E-state index is 14.2. The molecule has 1 heterocycles. The SMILES string of the molecule is COC(=O)c1c(F)ccc2c1ccn2[Si](C(C)C)(C(C)C)C(C)C. The van der Waals surface area contributed by atoms with Crippen molar-refractivity contribution in [3.63, 3.8) is 0 Å². The second-order valence-corrected chi connectivity index (χ2v) is 13.1. The van der Waals surface area contributed by atoms with Crippen LogP contribution in [0, 0.1) is 5.82 Å². The minimum Gasteiger partial charge on any atom is -0.465 e. The summed E-state index contributed by atoms with van der Waals surface area (Å²) in [5.74, 6) is -1.15. The molecule has 132 valence electrons. The molecule has 0 fully saturated rings. The molecule has 1 aromatic heterocycles. The molecule has 2 aromatic rings. The van der Waals surface area contributed by atoms with Gasteiger partial charge in [0, 0.05) is 10.9 Å². The van der Waals surface area contributed by atoms with Crippen molar-refractivity contribution in [1.29, 1.82) is 0 Å². The Morgan fingerprint density at radius 3 is 2.04 bits per heavy atom. The largest absolute Gasteiger partial charge is 0.465 e. The van der Waals surface area contributed by atoms with Crippen LogP contribution in [-0.2, 0) is 4.74 Å². The van der Waals surface area contributed by atoms with Gasteiger partial charge in [0.05, 0.1) is 7.11 Å². The molecule has 2 rings (SSSR count). The molecule has 0 radical (unpaired) electrons. The highest BCUT2D eigenvalue weighted by Gasteiger charge is 2.45. The van der Waals surface area contributed by atoms with Crippen LogP contribution in [0.3, 0.4) is 0 Å². The van der Waals surface area contributed by atoms with Gasteiger partial charge in [-0.25, -0.2) is 9.18 Å². The normalized spacial score (nSPS) is 12.6. The summed E-state index contributed by atoms with van der Waals surface area (Å²) in [6, 6.07) is 5.04. The Morgan fingerprint density at radius 2 is 1.58 bits per heavy atom. The van der Waals surface area contributed by atoms with E-state index in [4.69, 9.17) is 4.74 Å². The average molecular weight is 350 g/mol. The first kappa shape index (κ1) is 18.7. The summed E-state index contributed by atoms with van der Waals surface area (Å²) in [7, 11) is -0.674. The smallest absolute Gasteiger partial charge is 0.341 e. The lowest BCUT2D eigenvalue weighted by atomic mass is 10.1. The molecule has 0 aliphatic rings. The number of methoxy groups -OCH3 is 1. The molecule has 0 atom stereocenters. The van der Waals surface area contributed by atoms with Crippen molar-refractivity contribution >= 4 is 25.1 Å². The number of nitrogens with zero attached hydrogens (tertiary/aromatic N) is 1. The van der Waals surface area contributed by atoms with Gasteiger partial charge >= 0.3 is 5.97 Å². The molecule has 0 spiro atoms. The van der Waals surface area contributed by atoms with Crippen LogP contribution in [0.5, 0.6) is 0 Å². The van der Waals surface area contributed by atoms with Gasteiger partial charge in [-0.2, -0.15) is 0 Å². The van der Waals surface area contributed by atoms with E-state index in [0.717, 1.165) is 5.52 Å². The number of halogens is 1. The summed E-state index contributed by atoms with van der Waals surface area (Å²) in [5, 5.41) is 0.640. The maximum Gasteiger partial charge on any atom is 0.341 e.